The van der Waals surface area contributed by atoms with Gasteiger partial charge in [-0.15, -0.1) is 0 Å². The van der Waals surface area contributed by atoms with Gasteiger partial charge < -0.3 is 20.7 Å². The highest BCUT2D eigenvalue weighted by Crippen LogP contribution is 2.16. The number of benzene rings is 2. The number of alkyl carbamates (subject to hydrolysis) is 1. The third-order valence-corrected chi connectivity index (χ3v) is 5.98. The van der Waals surface area contributed by atoms with Crippen molar-refractivity contribution in [2.24, 2.45) is 0 Å². The first-order valence-electron chi connectivity index (χ1n) is 11.6. The van der Waals surface area contributed by atoms with Crippen LogP contribution in [-0.2, 0) is 27.5 Å². The Hall–Kier alpha value is -3.50. The van der Waals surface area contributed by atoms with E-state index in [2.05, 4.69) is 21.3 Å². The number of carbonyl (C=O) groups excluding carboxylic acids is 3. The van der Waals surface area contributed by atoms with E-state index in [0.29, 0.717) is 11.1 Å². The molecule has 2 aromatic rings. The van der Waals surface area contributed by atoms with Gasteiger partial charge in [-0.1, -0.05) is 48.4 Å². The maximum absolute atomic E-state index is 13.5. The smallest absolute Gasteiger partial charge is 0.413 e. The van der Waals surface area contributed by atoms with Crippen molar-refractivity contribution in [3.8, 4) is 0 Å². The monoisotopic (exact) mass is 517 g/mol. The largest absolute Gasteiger partial charge is 0.444 e. The fraction of sp³-hybridized carbons (Fsp3) is 0.360. The van der Waals surface area contributed by atoms with Gasteiger partial charge in [-0.25, -0.2) is 9.18 Å². The van der Waals surface area contributed by atoms with Crippen LogP contribution in [0.4, 0.5) is 9.18 Å². The second kappa shape index (κ2) is 13.0. The molecule has 1 aliphatic heterocycles. The maximum atomic E-state index is 13.5. The van der Waals surface area contributed by atoms with E-state index < -0.39 is 18.0 Å². The Labute approximate surface area is 213 Å². The molecule has 1 saturated heterocycles. The van der Waals surface area contributed by atoms with Gasteiger partial charge in [-0.3, -0.25) is 20.3 Å². The molecule has 2 aromatic carbocycles. The number of amides is 3. The summed E-state index contributed by atoms with van der Waals surface area (Å²) in [5, 5.41) is 19.0. The number of ether oxygens (including phenoxy) is 1. The van der Waals surface area contributed by atoms with Crippen molar-refractivity contribution in [2.45, 2.75) is 51.4 Å². The maximum Gasteiger partial charge on any atom is 0.413 e. The third-order valence-electron chi connectivity index (χ3n) is 5.67. The molecule has 2 atom stereocenters. The van der Waals surface area contributed by atoms with Crippen LogP contribution >= 0.6 is 11.6 Å². The lowest BCUT2D eigenvalue weighted by Crippen LogP contribution is -2.52. The molecular formula is C25H29ClFN5O4. The zero-order valence-electron chi connectivity index (χ0n) is 19.8. The number of amidine groups is 1. The Morgan fingerprint density at radius 1 is 1.17 bits per heavy atom. The Bertz CT molecular complexity index is 1110. The molecule has 0 bridgehead atoms. The van der Waals surface area contributed by atoms with Crippen LogP contribution in [0, 0.1) is 11.2 Å². The Kier molecular flexibility index (Phi) is 9.77. The van der Waals surface area contributed by atoms with Gasteiger partial charge in [0.05, 0.1) is 11.1 Å². The van der Waals surface area contributed by atoms with Gasteiger partial charge in [-0.05, 0) is 49.6 Å². The van der Waals surface area contributed by atoms with E-state index in [0.717, 1.165) is 31.4 Å². The van der Waals surface area contributed by atoms with Gasteiger partial charge in [0.25, 0.3) is 0 Å². The molecule has 0 saturated carbocycles. The van der Waals surface area contributed by atoms with Crippen LogP contribution in [0.5, 0.6) is 0 Å². The van der Waals surface area contributed by atoms with Crippen molar-refractivity contribution >= 4 is 35.3 Å². The van der Waals surface area contributed by atoms with E-state index in [1.54, 1.807) is 31.2 Å². The summed E-state index contributed by atoms with van der Waals surface area (Å²) >= 11 is 5.62. The fourth-order valence-corrected chi connectivity index (χ4v) is 3.69. The zero-order valence-corrected chi connectivity index (χ0v) is 20.6. The van der Waals surface area contributed by atoms with E-state index >= 15 is 0 Å². The van der Waals surface area contributed by atoms with E-state index in [-0.39, 0.29) is 41.9 Å². The summed E-state index contributed by atoms with van der Waals surface area (Å²) in [6.45, 7) is 2.49. The predicted molar refractivity (Wildman–Crippen MR) is 133 cm³/mol. The second-order valence-corrected chi connectivity index (χ2v) is 8.88. The van der Waals surface area contributed by atoms with E-state index in [4.69, 9.17) is 21.7 Å². The summed E-state index contributed by atoms with van der Waals surface area (Å²) in [4.78, 5) is 36.6. The van der Waals surface area contributed by atoms with E-state index in [1.807, 2.05) is 0 Å². The first-order valence-corrected chi connectivity index (χ1v) is 12.0. The van der Waals surface area contributed by atoms with Crippen LogP contribution in [0.15, 0.2) is 42.5 Å². The van der Waals surface area contributed by atoms with Crippen molar-refractivity contribution in [1.82, 2.24) is 21.3 Å². The Balaban J connectivity index is 1.41. The van der Waals surface area contributed by atoms with E-state index in [1.165, 1.54) is 18.2 Å². The minimum Gasteiger partial charge on any atom is -0.444 e. The van der Waals surface area contributed by atoms with Crippen LogP contribution in [0.3, 0.4) is 0 Å². The summed E-state index contributed by atoms with van der Waals surface area (Å²) in [5.74, 6) is -1.27. The highest BCUT2D eigenvalue weighted by Gasteiger charge is 2.23. The minimum atomic E-state index is -0.855. The van der Waals surface area contributed by atoms with Gasteiger partial charge >= 0.3 is 6.09 Å². The fourth-order valence-electron chi connectivity index (χ4n) is 3.58. The molecule has 3 amide bonds. The SMILES string of the molecule is C[C@H](NC(=O)C1CCCCN1)C(=O)NCc1ccc(C(=N)NC(=O)OCc2ccc(Cl)c(F)c2)cc1. The minimum absolute atomic E-state index is 0.0264. The predicted octanol–water partition coefficient (Wildman–Crippen LogP) is 2.99. The summed E-state index contributed by atoms with van der Waals surface area (Å²) < 4.78 is 18.5. The molecule has 1 fully saturated rings. The number of hydrogen-bond acceptors (Lipinski definition) is 6. The number of nitrogens with one attached hydrogen (secondary N) is 5. The van der Waals surface area contributed by atoms with Crippen LogP contribution in [0.2, 0.25) is 5.02 Å². The second-order valence-electron chi connectivity index (χ2n) is 8.47. The molecule has 1 aliphatic rings. The molecule has 11 heteroatoms. The molecule has 0 aliphatic carbocycles. The van der Waals surface area contributed by atoms with Crippen molar-refractivity contribution in [1.29, 1.82) is 5.41 Å². The summed E-state index contributed by atoms with van der Waals surface area (Å²) in [7, 11) is 0. The molecule has 5 N–H and O–H groups in total. The highest BCUT2D eigenvalue weighted by atomic mass is 35.5. The van der Waals surface area contributed by atoms with Gasteiger partial charge in [0.15, 0.2) is 0 Å². The molecule has 0 spiro atoms. The topological polar surface area (TPSA) is 132 Å². The average Bonchev–Trinajstić information content (AvgIpc) is 2.88. The van der Waals surface area contributed by atoms with Crippen molar-refractivity contribution < 1.29 is 23.5 Å². The normalized spacial score (nSPS) is 15.9. The lowest BCUT2D eigenvalue weighted by molar-refractivity contribution is -0.130. The van der Waals surface area contributed by atoms with Crippen LogP contribution in [0.1, 0.15) is 42.9 Å². The number of piperidine rings is 1. The van der Waals surface area contributed by atoms with Crippen molar-refractivity contribution in [2.75, 3.05) is 6.54 Å². The molecular weight excluding hydrogens is 489 g/mol. The van der Waals surface area contributed by atoms with Gasteiger partial charge in [-0.2, -0.15) is 0 Å². The van der Waals surface area contributed by atoms with Gasteiger partial charge in [0.2, 0.25) is 11.8 Å². The zero-order chi connectivity index (χ0) is 26.1. The average molecular weight is 518 g/mol. The first-order chi connectivity index (χ1) is 17.2. The number of hydrogen-bond donors (Lipinski definition) is 5. The highest BCUT2D eigenvalue weighted by molar-refractivity contribution is 6.30. The van der Waals surface area contributed by atoms with Gasteiger partial charge in [0.1, 0.15) is 24.3 Å². The Morgan fingerprint density at radius 2 is 1.89 bits per heavy atom. The molecule has 192 valence electrons. The Morgan fingerprint density at radius 3 is 2.56 bits per heavy atom. The quantitative estimate of drug-likeness (QED) is 0.271. The standard InChI is InChI=1S/C25H29ClFN5O4/c1-15(31-24(34)21-4-2-3-11-29-21)23(33)30-13-16-5-8-18(9-6-16)22(28)32-25(35)36-14-17-7-10-19(26)20(27)12-17/h5-10,12,15,21,29H,2-4,11,13-14H2,1H3,(H,30,33)(H,31,34)(H2,28,32,35)/t15-,21?/m0/s1. The van der Waals surface area contributed by atoms with Gasteiger partial charge in [0, 0.05) is 12.1 Å². The third kappa shape index (κ3) is 8.03. The van der Waals surface area contributed by atoms with Crippen LogP contribution in [0.25, 0.3) is 0 Å². The van der Waals surface area contributed by atoms with Crippen LogP contribution < -0.4 is 21.3 Å². The number of carbonyl (C=O) groups is 3. The summed E-state index contributed by atoms with van der Waals surface area (Å²) in [6.07, 6.45) is 1.94. The lowest BCUT2D eigenvalue weighted by Gasteiger charge is -2.24. The lowest BCUT2D eigenvalue weighted by atomic mass is 10.0. The molecule has 9 nitrogen and oxygen atoms in total. The van der Waals surface area contributed by atoms with Crippen molar-refractivity contribution in [3.05, 3.63) is 70.0 Å². The van der Waals surface area contributed by atoms with Crippen molar-refractivity contribution in [3.63, 3.8) is 0 Å². The number of halogens is 2. The molecule has 36 heavy (non-hydrogen) atoms. The number of rotatable bonds is 8. The van der Waals surface area contributed by atoms with Crippen LogP contribution in [-0.4, -0.2) is 42.4 Å². The van der Waals surface area contributed by atoms with E-state index in [9.17, 15) is 18.8 Å². The summed E-state index contributed by atoms with van der Waals surface area (Å²) in [6, 6.07) is 9.80. The molecule has 0 aromatic heterocycles. The first kappa shape index (κ1) is 27.1. The molecule has 0 radical (unpaired) electrons. The molecule has 1 heterocycles. The molecule has 3 rings (SSSR count). The molecule has 1 unspecified atom stereocenters. The summed E-state index contributed by atoms with van der Waals surface area (Å²) in [5.41, 5.74) is 1.63.